The summed E-state index contributed by atoms with van der Waals surface area (Å²) in [5.41, 5.74) is 5.73. The normalized spacial score (nSPS) is 19.6. The van der Waals surface area contributed by atoms with Crippen molar-refractivity contribution in [2.75, 3.05) is 26.2 Å². The van der Waals surface area contributed by atoms with Gasteiger partial charge in [-0.2, -0.15) is 0 Å². The molecule has 1 aromatic rings. The molecule has 0 spiro atoms. The van der Waals surface area contributed by atoms with Crippen LogP contribution in [0.25, 0.3) is 0 Å². The number of rotatable bonds is 5. The molecule has 102 valence electrons. The Kier molecular flexibility index (Phi) is 6.79. The van der Waals surface area contributed by atoms with E-state index in [0.29, 0.717) is 17.7 Å². The number of halogens is 2. The van der Waals surface area contributed by atoms with Crippen molar-refractivity contribution < 1.29 is 4.74 Å². The van der Waals surface area contributed by atoms with Crippen molar-refractivity contribution in [1.29, 1.82) is 0 Å². The molecule has 18 heavy (non-hydrogen) atoms. The third kappa shape index (κ3) is 4.02. The molecule has 0 saturated carbocycles. The first-order chi connectivity index (χ1) is 8.31. The zero-order chi connectivity index (χ0) is 12.1. The number of likely N-dealkylation sites (tertiary alicyclic amines) is 1. The first-order valence-electron chi connectivity index (χ1n) is 6.12. The summed E-state index contributed by atoms with van der Waals surface area (Å²) in [4.78, 5) is 2.40. The second-order valence-electron chi connectivity index (χ2n) is 4.35. The third-order valence-electron chi connectivity index (χ3n) is 3.24. The van der Waals surface area contributed by atoms with Crippen LogP contribution in [0, 0.1) is 0 Å². The van der Waals surface area contributed by atoms with Gasteiger partial charge in [-0.25, -0.2) is 0 Å². The molecule has 1 heterocycles. The SMILES string of the molecule is Cl.NCC1CCCN1CCOc1ccccc1Cl. The maximum absolute atomic E-state index is 6.02. The average Bonchev–Trinajstić information content (AvgIpc) is 2.79. The van der Waals surface area contributed by atoms with Gasteiger partial charge in [-0.1, -0.05) is 23.7 Å². The van der Waals surface area contributed by atoms with Crippen LogP contribution in [0.5, 0.6) is 5.75 Å². The Hall–Kier alpha value is -0.480. The van der Waals surface area contributed by atoms with Gasteiger partial charge in [0.2, 0.25) is 0 Å². The van der Waals surface area contributed by atoms with Gasteiger partial charge in [0.1, 0.15) is 12.4 Å². The van der Waals surface area contributed by atoms with Gasteiger partial charge in [-0.15, -0.1) is 12.4 Å². The van der Waals surface area contributed by atoms with Gasteiger partial charge in [-0.3, -0.25) is 4.90 Å². The van der Waals surface area contributed by atoms with Crippen molar-refractivity contribution in [2.24, 2.45) is 5.73 Å². The molecule has 3 nitrogen and oxygen atoms in total. The predicted molar refractivity (Wildman–Crippen MR) is 77.8 cm³/mol. The van der Waals surface area contributed by atoms with Crippen molar-refractivity contribution >= 4 is 24.0 Å². The van der Waals surface area contributed by atoms with Crippen LogP contribution in [0.4, 0.5) is 0 Å². The number of ether oxygens (including phenoxy) is 1. The summed E-state index contributed by atoms with van der Waals surface area (Å²) in [5.74, 6) is 0.762. The minimum absolute atomic E-state index is 0. The molecule has 2 rings (SSSR count). The van der Waals surface area contributed by atoms with E-state index in [1.165, 1.54) is 12.8 Å². The van der Waals surface area contributed by atoms with E-state index in [0.717, 1.165) is 25.4 Å². The second kappa shape index (κ2) is 7.85. The van der Waals surface area contributed by atoms with Crippen LogP contribution in [0.3, 0.4) is 0 Å². The van der Waals surface area contributed by atoms with Gasteiger partial charge in [0.25, 0.3) is 0 Å². The van der Waals surface area contributed by atoms with Crippen LogP contribution in [0.15, 0.2) is 24.3 Å². The first-order valence-corrected chi connectivity index (χ1v) is 6.50. The molecule has 1 aliphatic rings. The van der Waals surface area contributed by atoms with Gasteiger partial charge in [0, 0.05) is 19.1 Å². The molecule has 1 atom stereocenters. The Labute approximate surface area is 120 Å². The topological polar surface area (TPSA) is 38.5 Å². The molecule has 1 saturated heterocycles. The van der Waals surface area contributed by atoms with Gasteiger partial charge in [0.05, 0.1) is 5.02 Å². The number of nitrogens with zero attached hydrogens (tertiary/aromatic N) is 1. The second-order valence-corrected chi connectivity index (χ2v) is 4.75. The summed E-state index contributed by atoms with van der Waals surface area (Å²) < 4.78 is 5.68. The van der Waals surface area contributed by atoms with E-state index >= 15 is 0 Å². The lowest BCUT2D eigenvalue weighted by atomic mass is 10.2. The summed E-state index contributed by atoms with van der Waals surface area (Å²) in [6.45, 7) is 3.47. The van der Waals surface area contributed by atoms with E-state index in [2.05, 4.69) is 4.90 Å². The van der Waals surface area contributed by atoms with Gasteiger partial charge < -0.3 is 10.5 Å². The Balaban J connectivity index is 0.00000162. The maximum Gasteiger partial charge on any atom is 0.137 e. The van der Waals surface area contributed by atoms with Crippen molar-refractivity contribution in [3.8, 4) is 5.75 Å². The van der Waals surface area contributed by atoms with Crippen molar-refractivity contribution in [1.82, 2.24) is 4.90 Å². The average molecular weight is 291 g/mol. The van der Waals surface area contributed by atoms with E-state index < -0.39 is 0 Å². The molecule has 1 fully saturated rings. The van der Waals surface area contributed by atoms with E-state index in [1.54, 1.807) is 0 Å². The summed E-state index contributed by atoms with van der Waals surface area (Å²) in [6, 6.07) is 8.10. The van der Waals surface area contributed by atoms with Crippen LogP contribution in [-0.2, 0) is 0 Å². The predicted octanol–water partition coefficient (Wildman–Crippen LogP) is 2.56. The van der Waals surface area contributed by atoms with E-state index in [4.69, 9.17) is 22.1 Å². The molecule has 0 aromatic heterocycles. The highest BCUT2D eigenvalue weighted by Crippen LogP contribution is 2.23. The lowest BCUT2D eigenvalue weighted by Gasteiger charge is -2.23. The largest absolute Gasteiger partial charge is 0.491 e. The van der Waals surface area contributed by atoms with E-state index in [-0.39, 0.29) is 12.4 Å². The zero-order valence-electron chi connectivity index (χ0n) is 10.3. The van der Waals surface area contributed by atoms with Crippen molar-refractivity contribution in [2.45, 2.75) is 18.9 Å². The van der Waals surface area contributed by atoms with Crippen LogP contribution >= 0.6 is 24.0 Å². The Morgan fingerprint density at radius 1 is 1.39 bits per heavy atom. The molecule has 0 bridgehead atoms. The highest BCUT2D eigenvalue weighted by Gasteiger charge is 2.22. The molecule has 0 radical (unpaired) electrons. The van der Waals surface area contributed by atoms with Gasteiger partial charge >= 0.3 is 0 Å². The molecule has 1 unspecified atom stereocenters. The first kappa shape index (κ1) is 15.6. The fourth-order valence-electron chi connectivity index (χ4n) is 2.29. The summed E-state index contributed by atoms with van der Waals surface area (Å²) in [7, 11) is 0. The molecule has 0 amide bonds. The smallest absolute Gasteiger partial charge is 0.137 e. The minimum atomic E-state index is 0. The third-order valence-corrected chi connectivity index (χ3v) is 3.56. The summed E-state index contributed by atoms with van der Waals surface area (Å²) >= 11 is 6.02. The number of para-hydroxylation sites is 1. The maximum atomic E-state index is 6.02. The van der Waals surface area contributed by atoms with Crippen LogP contribution in [-0.4, -0.2) is 37.2 Å². The summed E-state index contributed by atoms with van der Waals surface area (Å²) in [6.07, 6.45) is 2.45. The van der Waals surface area contributed by atoms with Gasteiger partial charge in [-0.05, 0) is 31.5 Å². The molecule has 2 N–H and O–H groups in total. The van der Waals surface area contributed by atoms with Crippen LogP contribution in [0.2, 0.25) is 5.02 Å². The molecule has 1 aromatic carbocycles. The number of hydrogen-bond acceptors (Lipinski definition) is 3. The lowest BCUT2D eigenvalue weighted by molar-refractivity contribution is 0.199. The van der Waals surface area contributed by atoms with E-state index in [9.17, 15) is 0 Å². The summed E-state index contributed by atoms with van der Waals surface area (Å²) in [5, 5.41) is 0.671. The van der Waals surface area contributed by atoms with E-state index in [1.807, 2.05) is 24.3 Å². The van der Waals surface area contributed by atoms with Crippen molar-refractivity contribution in [3.05, 3.63) is 29.3 Å². The Morgan fingerprint density at radius 3 is 2.89 bits per heavy atom. The fraction of sp³-hybridized carbons (Fsp3) is 0.538. The number of benzene rings is 1. The highest BCUT2D eigenvalue weighted by atomic mass is 35.5. The van der Waals surface area contributed by atoms with Crippen LogP contribution in [0.1, 0.15) is 12.8 Å². The molecule has 1 aliphatic heterocycles. The molecule has 0 aliphatic carbocycles. The zero-order valence-corrected chi connectivity index (χ0v) is 11.9. The monoisotopic (exact) mass is 290 g/mol. The molecular weight excluding hydrogens is 271 g/mol. The van der Waals surface area contributed by atoms with Crippen molar-refractivity contribution in [3.63, 3.8) is 0 Å². The standard InChI is InChI=1S/C13H19ClN2O.ClH/c14-12-5-1-2-6-13(12)17-9-8-16-7-3-4-11(16)10-15;/h1-2,5-6,11H,3-4,7-10,15H2;1H. The number of nitrogens with two attached hydrogens (primary N) is 1. The fourth-order valence-corrected chi connectivity index (χ4v) is 2.48. The molecule has 5 heteroatoms. The Bertz CT molecular complexity index is 363. The van der Waals surface area contributed by atoms with Crippen LogP contribution < -0.4 is 10.5 Å². The number of hydrogen-bond donors (Lipinski definition) is 1. The minimum Gasteiger partial charge on any atom is -0.491 e. The highest BCUT2D eigenvalue weighted by molar-refractivity contribution is 6.32. The quantitative estimate of drug-likeness (QED) is 0.906. The Morgan fingerprint density at radius 2 is 2.17 bits per heavy atom. The molecular formula is C13H20Cl2N2O. The lowest BCUT2D eigenvalue weighted by Crippen LogP contribution is -2.37. The van der Waals surface area contributed by atoms with Gasteiger partial charge in [0.15, 0.2) is 0 Å².